The van der Waals surface area contributed by atoms with E-state index in [2.05, 4.69) is 38.0 Å². The molecule has 0 saturated carbocycles. The molecule has 3 heteroatoms. The summed E-state index contributed by atoms with van der Waals surface area (Å²) in [4.78, 5) is 5.75. The van der Waals surface area contributed by atoms with Gasteiger partial charge in [-0.1, -0.05) is 13.3 Å². The van der Waals surface area contributed by atoms with Crippen molar-refractivity contribution in [3.05, 3.63) is 10.6 Å². The summed E-state index contributed by atoms with van der Waals surface area (Å²) in [5, 5.41) is 4.48. The van der Waals surface area contributed by atoms with Crippen molar-refractivity contribution in [2.24, 2.45) is 0 Å². The van der Waals surface area contributed by atoms with Crippen LogP contribution in [0.15, 0.2) is 0 Å². The summed E-state index contributed by atoms with van der Waals surface area (Å²) in [6, 6.07) is 0.537. The summed E-state index contributed by atoms with van der Waals surface area (Å²) in [7, 11) is 0. The highest BCUT2D eigenvalue weighted by Gasteiger charge is 2.05. The fourth-order valence-corrected chi connectivity index (χ4v) is 2.18. The number of nitrogens with one attached hydrogen (secondary N) is 1. The Bertz CT molecular complexity index is 248. The first-order valence-corrected chi connectivity index (χ1v) is 5.65. The first-order valence-electron chi connectivity index (χ1n) is 4.84. The smallest absolute Gasteiger partial charge is 0.183 e. The van der Waals surface area contributed by atoms with Crippen LogP contribution in [0.5, 0.6) is 0 Å². The second kappa shape index (κ2) is 4.61. The minimum absolute atomic E-state index is 0.537. The molecule has 0 saturated heterocycles. The van der Waals surface area contributed by atoms with Crippen LogP contribution in [0.2, 0.25) is 0 Å². The van der Waals surface area contributed by atoms with Crippen molar-refractivity contribution in [2.75, 3.05) is 5.32 Å². The van der Waals surface area contributed by atoms with Crippen molar-refractivity contribution in [3.63, 3.8) is 0 Å². The van der Waals surface area contributed by atoms with Crippen LogP contribution < -0.4 is 5.32 Å². The Hall–Kier alpha value is -0.570. The third-order valence-corrected chi connectivity index (χ3v) is 3.12. The highest BCUT2D eigenvalue weighted by molar-refractivity contribution is 7.15. The van der Waals surface area contributed by atoms with Gasteiger partial charge < -0.3 is 5.32 Å². The summed E-state index contributed by atoms with van der Waals surface area (Å²) in [6.07, 6.45) is 2.43. The Labute approximate surface area is 84.4 Å². The lowest BCUT2D eigenvalue weighted by molar-refractivity contribution is 0.689. The molecule has 1 rings (SSSR count). The zero-order valence-corrected chi connectivity index (χ0v) is 9.66. The Morgan fingerprint density at radius 2 is 2.15 bits per heavy atom. The van der Waals surface area contributed by atoms with Crippen molar-refractivity contribution in [3.8, 4) is 0 Å². The molecule has 1 N–H and O–H groups in total. The largest absolute Gasteiger partial charge is 0.359 e. The second-order valence-electron chi connectivity index (χ2n) is 3.49. The highest BCUT2D eigenvalue weighted by Crippen LogP contribution is 2.22. The van der Waals surface area contributed by atoms with E-state index in [1.165, 1.54) is 17.7 Å². The van der Waals surface area contributed by atoms with Crippen molar-refractivity contribution in [1.29, 1.82) is 0 Å². The predicted octanol–water partition coefficient (Wildman–Crippen LogP) is 3.36. The first kappa shape index (κ1) is 10.5. The molecule has 2 nitrogen and oxygen atoms in total. The zero-order valence-electron chi connectivity index (χ0n) is 8.85. The number of hydrogen-bond donors (Lipinski definition) is 1. The molecule has 0 fully saturated rings. The van der Waals surface area contributed by atoms with Crippen LogP contribution in [0.25, 0.3) is 0 Å². The third-order valence-electron chi connectivity index (χ3n) is 2.12. The molecule has 0 spiro atoms. The van der Waals surface area contributed by atoms with E-state index in [4.69, 9.17) is 0 Å². The summed E-state index contributed by atoms with van der Waals surface area (Å²) in [5.41, 5.74) is 1.15. The number of thiazole rings is 1. The number of anilines is 1. The molecule has 13 heavy (non-hydrogen) atoms. The van der Waals surface area contributed by atoms with Gasteiger partial charge in [0, 0.05) is 10.9 Å². The second-order valence-corrected chi connectivity index (χ2v) is 4.70. The van der Waals surface area contributed by atoms with Gasteiger partial charge in [-0.2, -0.15) is 0 Å². The summed E-state index contributed by atoms with van der Waals surface area (Å²) >= 11 is 1.75. The lowest BCUT2D eigenvalue weighted by atomic mass is 10.2. The molecule has 0 amide bonds. The van der Waals surface area contributed by atoms with E-state index in [1.807, 2.05) is 0 Å². The van der Waals surface area contributed by atoms with E-state index >= 15 is 0 Å². The van der Waals surface area contributed by atoms with E-state index in [1.54, 1.807) is 11.3 Å². The van der Waals surface area contributed by atoms with Gasteiger partial charge in [-0.25, -0.2) is 4.98 Å². The molecule has 1 unspecified atom stereocenters. The SMILES string of the molecule is CCCC(C)Nc1nc(C)c(C)s1. The van der Waals surface area contributed by atoms with Crippen LogP contribution >= 0.6 is 11.3 Å². The minimum Gasteiger partial charge on any atom is -0.359 e. The van der Waals surface area contributed by atoms with Gasteiger partial charge in [-0.3, -0.25) is 0 Å². The Balaban J connectivity index is 2.53. The van der Waals surface area contributed by atoms with Gasteiger partial charge in [0.05, 0.1) is 5.69 Å². The van der Waals surface area contributed by atoms with Crippen molar-refractivity contribution in [2.45, 2.75) is 46.6 Å². The van der Waals surface area contributed by atoms with E-state index in [0.717, 1.165) is 10.8 Å². The molecular weight excluding hydrogens is 180 g/mol. The molecule has 0 aliphatic carbocycles. The average Bonchev–Trinajstić information content (AvgIpc) is 2.31. The summed E-state index contributed by atoms with van der Waals surface area (Å²) in [5.74, 6) is 0. The number of aryl methyl sites for hydroxylation is 2. The van der Waals surface area contributed by atoms with Crippen LogP contribution in [0.3, 0.4) is 0 Å². The van der Waals surface area contributed by atoms with Crippen molar-refractivity contribution < 1.29 is 0 Å². The van der Waals surface area contributed by atoms with Gasteiger partial charge in [0.25, 0.3) is 0 Å². The monoisotopic (exact) mass is 198 g/mol. The summed E-state index contributed by atoms with van der Waals surface area (Å²) in [6.45, 7) is 8.58. The zero-order chi connectivity index (χ0) is 9.84. The number of rotatable bonds is 4. The van der Waals surface area contributed by atoms with E-state index < -0.39 is 0 Å². The van der Waals surface area contributed by atoms with E-state index in [9.17, 15) is 0 Å². The van der Waals surface area contributed by atoms with Gasteiger partial charge in [-0.15, -0.1) is 11.3 Å². The molecule has 0 radical (unpaired) electrons. The van der Waals surface area contributed by atoms with Gasteiger partial charge in [0.1, 0.15) is 0 Å². The molecule has 1 aromatic heterocycles. The molecule has 0 bridgehead atoms. The van der Waals surface area contributed by atoms with Crippen LogP contribution in [0.4, 0.5) is 5.13 Å². The maximum atomic E-state index is 4.44. The highest BCUT2D eigenvalue weighted by atomic mass is 32.1. The molecule has 0 aliphatic heterocycles. The molecular formula is C10H18N2S. The van der Waals surface area contributed by atoms with E-state index in [0.29, 0.717) is 6.04 Å². The first-order chi connectivity index (χ1) is 6.13. The molecule has 0 aliphatic rings. The third kappa shape index (κ3) is 2.99. The van der Waals surface area contributed by atoms with Gasteiger partial charge in [0.15, 0.2) is 5.13 Å². The van der Waals surface area contributed by atoms with Crippen LogP contribution in [0, 0.1) is 13.8 Å². The predicted molar refractivity (Wildman–Crippen MR) is 59.6 cm³/mol. The lowest BCUT2D eigenvalue weighted by Crippen LogP contribution is -2.14. The van der Waals surface area contributed by atoms with Crippen LogP contribution in [-0.2, 0) is 0 Å². The number of nitrogens with zero attached hydrogens (tertiary/aromatic N) is 1. The van der Waals surface area contributed by atoms with Crippen molar-refractivity contribution in [1.82, 2.24) is 4.98 Å². The molecule has 1 heterocycles. The Morgan fingerprint density at radius 1 is 1.46 bits per heavy atom. The van der Waals surface area contributed by atoms with Gasteiger partial charge in [-0.05, 0) is 27.2 Å². The fourth-order valence-electron chi connectivity index (χ4n) is 1.25. The van der Waals surface area contributed by atoms with Gasteiger partial charge in [0.2, 0.25) is 0 Å². The molecule has 1 aromatic rings. The van der Waals surface area contributed by atoms with Crippen molar-refractivity contribution >= 4 is 16.5 Å². The van der Waals surface area contributed by atoms with E-state index in [-0.39, 0.29) is 0 Å². The standard InChI is InChI=1S/C10H18N2S/c1-5-6-7(2)11-10-12-8(3)9(4)13-10/h7H,5-6H2,1-4H3,(H,11,12). The normalized spacial score (nSPS) is 12.9. The van der Waals surface area contributed by atoms with Crippen LogP contribution in [-0.4, -0.2) is 11.0 Å². The molecule has 0 aromatic carbocycles. The lowest BCUT2D eigenvalue weighted by Gasteiger charge is -2.10. The molecule has 74 valence electrons. The average molecular weight is 198 g/mol. The Kier molecular flexibility index (Phi) is 3.72. The maximum Gasteiger partial charge on any atom is 0.183 e. The van der Waals surface area contributed by atoms with Gasteiger partial charge >= 0.3 is 0 Å². The minimum atomic E-state index is 0.537. The summed E-state index contributed by atoms with van der Waals surface area (Å²) < 4.78 is 0. The fraction of sp³-hybridized carbons (Fsp3) is 0.700. The maximum absolute atomic E-state index is 4.44. The molecule has 1 atom stereocenters. The Morgan fingerprint density at radius 3 is 2.62 bits per heavy atom. The number of aromatic nitrogens is 1. The topological polar surface area (TPSA) is 24.9 Å². The number of hydrogen-bond acceptors (Lipinski definition) is 3. The quantitative estimate of drug-likeness (QED) is 0.802. The van der Waals surface area contributed by atoms with Crippen LogP contribution in [0.1, 0.15) is 37.3 Å².